The fraction of sp³-hybridized carbons (Fsp3) is 1.00. The van der Waals surface area contributed by atoms with Crippen molar-refractivity contribution >= 4 is 0 Å². The van der Waals surface area contributed by atoms with Crippen LogP contribution in [-0.4, -0.2) is 37.9 Å². The van der Waals surface area contributed by atoms with E-state index in [1.807, 2.05) is 0 Å². The fourth-order valence-corrected chi connectivity index (χ4v) is 2.56. The highest BCUT2D eigenvalue weighted by molar-refractivity contribution is 4.92. The second-order valence-corrected chi connectivity index (χ2v) is 4.59. The first-order chi connectivity index (χ1) is 6.85. The van der Waals surface area contributed by atoms with Crippen molar-refractivity contribution in [2.45, 2.75) is 44.3 Å². The Kier molecular flexibility index (Phi) is 3.42. The van der Waals surface area contributed by atoms with Gasteiger partial charge in [-0.1, -0.05) is 13.3 Å². The number of piperidine rings is 1. The molecule has 2 N–H and O–H groups in total. The normalized spacial score (nSPS) is 31.9. The molecular weight excluding hydrogens is 176 g/mol. The van der Waals surface area contributed by atoms with Gasteiger partial charge in [0.2, 0.25) is 0 Å². The van der Waals surface area contributed by atoms with E-state index in [4.69, 9.17) is 4.74 Å². The van der Waals surface area contributed by atoms with Gasteiger partial charge in [0, 0.05) is 13.1 Å². The van der Waals surface area contributed by atoms with Gasteiger partial charge in [0.15, 0.2) is 0 Å². The number of hydrogen-bond donors (Lipinski definition) is 2. The summed E-state index contributed by atoms with van der Waals surface area (Å²) in [5, 5.41) is 6.92. The molecule has 3 nitrogen and oxygen atoms in total. The quantitative estimate of drug-likeness (QED) is 0.691. The fourth-order valence-electron chi connectivity index (χ4n) is 2.56. The van der Waals surface area contributed by atoms with Crippen LogP contribution in [0.2, 0.25) is 0 Å². The maximum absolute atomic E-state index is 6.25. The molecule has 0 aromatic rings. The van der Waals surface area contributed by atoms with Crippen LogP contribution in [0.3, 0.4) is 0 Å². The average molecular weight is 198 g/mol. The Morgan fingerprint density at radius 3 is 2.79 bits per heavy atom. The molecule has 0 saturated carbocycles. The predicted molar refractivity (Wildman–Crippen MR) is 57.5 cm³/mol. The largest absolute Gasteiger partial charge is 0.369 e. The molecule has 0 aliphatic carbocycles. The first-order valence-corrected chi connectivity index (χ1v) is 5.94. The van der Waals surface area contributed by atoms with E-state index in [0.29, 0.717) is 6.10 Å². The number of ether oxygens (including phenoxy) is 1. The molecule has 0 aromatic carbocycles. The van der Waals surface area contributed by atoms with Crippen LogP contribution in [-0.2, 0) is 4.74 Å². The summed E-state index contributed by atoms with van der Waals surface area (Å²) in [6, 6.07) is 0. The van der Waals surface area contributed by atoms with Gasteiger partial charge in [0.25, 0.3) is 0 Å². The Labute approximate surface area is 86.6 Å². The van der Waals surface area contributed by atoms with E-state index in [1.54, 1.807) is 0 Å². The maximum atomic E-state index is 6.25. The zero-order valence-electron chi connectivity index (χ0n) is 9.14. The van der Waals surface area contributed by atoms with Crippen LogP contribution in [0.1, 0.15) is 32.6 Å². The van der Waals surface area contributed by atoms with Crippen LogP contribution in [0.5, 0.6) is 0 Å². The molecule has 0 aromatic heterocycles. The first kappa shape index (κ1) is 10.4. The molecule has 3 heteroatoms. The van der Waals surface area contributed by atoms with Gasteiger partial charge < -0.3 is 15.4 Å². The van der Waals surface area contributed by atoms with Gasteiger partial charge in [-0.05, 0) is 32.4 Å². The standard InChI is InChI=1S/C11H22N2O/c1-2-3-10-8-13-9-11(14-10)4-6-12-7-5-11/h10,12-13H,2-9H2,1H3. The van der Waals surface area contributed by atoms with Gasteiger partial charge in [-0.3, -0.25) is 0 Å². The van der Waals surface area contributed by atoms with E-state index in [-0.39, 0.29) is 5.60 Å². The minimum atomic E-state index is 0.156. The summed E-state index contributed by atoms with van der Waals surface area (Å²) >= 11 is 0. The van der Waals surface area contributed by atoms with Gasteiger partial charge in [-0.2, -0.15) is 0 Å². The summed E-state index contributed by atoms with van der Waals surface area (Å²) in [6.45, 7) is 6.55. The zero-order chi connectivity index (χ0) is 9.86. The lowest BCUT2D eigenvalue weighted by Crippen LogP contribution is -2.57. The molecule has 2 rings (SSSR count). The Balaban J connectivity index is 1.91. The Hall–Kier alpha value is -0.120. The summed E-state index contributed by atoms with van der Waals surface area (Å²) in [5.74, 6) is 0. The number of hydrogen-bond acceptors (Lipinski definition) is 3. The molecule has 0 radical (unpaired) electrons. The minimum absolute atomic E-state index is 0.156. The van der Waals surface area contributed by atoms with Gasteiger partial charge >= 0.3 is 0 Å². The number of morpholine rings is 1. The predicted octanol–water partition coefficient (Wildman–Crippen LogP) is 0.897. The van der Waals surface area contributed by atoms with Gasteiger partial charge in [-0.25, -0.2) is 0 Å². The van der Waals surface area contributed by atoms with E-state index in [2.05, 4.69) is 17.6 Å². The molecule has 2 heterocycles. The van der Waals surface area contributed by atoms with Crippen LogP contribution < -0.4 is 10.6 Å². The molecule has 82 valence electrons. The second-order valence-electron chi connectivity index (χ2n) is 4.59. The molecule has 2 fully saturated rings. The third-order valence-corrected chi connectivity index (χ3v) is 3.36. The molecule has 1 spiro atoms. The summed E-state index contributed by atoms with van der Waals surface area (Å²) in [5.41, 5.74) is 0.156. The smallest absolute Gasteiger partial charge is 0.0834 e. The van der Waals surface area contributed by atoms with Crippen molar-refractivity contribution in [3.05, 3.63) is 0 Å². The van der Waals surface area contributed by atoms with Crippen LogP contribution in [0.15, 0.2) is 0 Å². The summed E-state index contributed by atoms with van der Waals surface area (Å²) < 4.78 is 6.25. The van der Waals surface area contributed by atoms with Crippen molar-refractivity contribution in [3.8, 4) is 0 Å². The lowest BCUT2D eigenvalue weighted by molar-refractivity contribution is -0.132. The molecule has 1 unspecified atom stereocenters. The van der Waals surface area contributed by atoms with Crippen molar-refractivity contribution in [1.29, 1.82) is 0 Å². The average Bonchev–Trinajstić information content (AvgIpc) is 2.19. The molecule has 2 saturated heterocycles. The highest BCUT2D eigenvalue weighted by Gasteiger charge is 2.37. The highest BCUT2D eigenvalue weighted by Crippen LogP contribution is 2.27. The van der Waals surface area contributed by atoms with Crippen LogP contribution in [0.25, 0.3) is 0 Å². The molecular formula is C11H22N2O. The molecule has 0 bridgehead atoms. The van der Waals surface area contributed by atoms with Crippen molar-refractivity contribution in [1.82, 2.24) is 10.6 Å². The Bertz CT molecular complexity index is 171. The monoisotopic (exact) mass is 198 g/mol. The van der Waals surface area contributed by atoms with E-state index < -0.39 is 0 Å². The van der Waals surface area contributed by atoms with Crippen molar-refractivity contribution in [3.63, 3.8) is 0 Å². The zero-order valence-corrected chi connectivity index (χ0v) is 9.14. The second kappa shape index (κ2) is 4.60. The van der Waals surface area contributed by atoms with E-state index in [0.717, 1.165) is 26.2 Å². The van der Waals surface area contributed by atoms with Crippen LogP contribution in [0, 0.1) is 0 Å². The van der Waals surface area contributed by atoms with Gasteiger partial charge in [-0.15, -0.1) is 0 Å². The first-order valence-electron chi connectivity index (χ1n) is 5.94. The maximum Gasteiger partial charge on any atom is 0.0834 e. The van der Waals surface area contributed by atoms with Gasteiger partial charge in [0.05, 0.1) is 11.7 Å². The summed E-state index contributed by atoms with van der Waals surface area (Å²) in [7, 11) is 0. The Morgan fingerprint density at radius 1 is 1.29 bits per heavy atom. The number of rotatable bonds is 2. The third kappa shape index (κ3) is 2.27. The van der Waals surface area contributed by atoms with Crippen molar-refractivity contribution < 1.29 is 4.74 Å². The van der Waals surface area contributed by atoms with Crippen LogP contribution >= 0.6 is 0 Å². The minimum Gasteiger partial charge on any atom is -0.369 e. The van der Waals surface area contributed by atoms with E-state index in [9.17, 15) is 0 Å². The molecule has 0 amide bonds. The molecule has 2 aliphatic heterocycles. The topological polar surface area (TPSA) is 33.3 Å². The van der Waals surface area contributed by atoms with E-state index in [1.165, 1.54) is 25.7 Å². The SMILES string of the molecule is CCCC1CNCC2(CCNCC2)O1. The third-order valence-electron chi connectivity index (χ3n) is 3.36. The lowest BCUT2D eigenvalue weighted by Gasteiger charge is -2.44. The van der Waals surface area contributed by atoms with Crippen LogP contribution in [0.4, 0.5) is 0 Å². The Morgan fingerprint density at radius 2 is 2.07 bits per heavy atom. The van der Waals surface area contributed by atoms with E-state index >= 15 is 0 Å². The lowest BCUT2D eigenvalue weighted by atomic mass is 9.90. The number of nitrogens with one attached hydrogen (secondary N) is 2. The van der Waals surface area contributed by atoms with Crippen molar-refractivity contribution in [2.24, 2.45) is 0 Å². The molecule has 2 aliphatic rings. The molecule has 1 atom stereocenters. The summed E-state index contributed by atoms with van der Waals surface area (Å²) in [4.78, 5) is 0. The van der Waals surface area contributed by atoms with Crippen molar-refractivity contribution in [2.75, 3.05) is 26.2 Å². The summed E-state index contributed by atoms with van der Waals surface area (Å²) in [6.07, 6.45) is 5.20. The highest BCUT2D eigenvalue weighted by atomic mass is 16.5. The van der Waals surface area contributed by atoms with Gasteiger partial charge in [0.1, 0.15) is 0 Å². The molecule has 14 heavy (non-hydrogen) atoms.